The maximum atomic E-state index is 12.5. The molecule has 1 atom stereocenters. The molecule has 188 valence electrons. The zero-order chi connectivity index (χ0) is 25.3. The van der Waals surface area contributed by atoms with Gasteiger partial charge < -0.3 is 24.6 Å². The molecular weight excluding hydrogens is 478 g/mol. The van der Waals surface area contributed by atoms with Gasteiger partial charge in [0.15, 0.2) is 11.5 Å². The molecular formula is C28H29NO6S. The Morgan fingerprint density at radius 2 is 1.53 bits per heavy atom. The second-order valence-corrected chi connectivity index (χ2v) is 9.49. The van der Waals surface area contributed by atoms with Gasteiger partial charge in [-0.2, -0.15) is 11.8 Å². The second-order valence-electron chi connectivity index (χ2n) is 8.26. The summed E-state index contributed by atoms with van der Waals surface area (Å²) < 4.78 is 16.5. The van der Waals surface area contributed by atoms with Crippen molar-refractivity contribution >= 4 is 23.8 Å². The van der Waals surface area contributed by atoms with Crippen molar-refractivity contribution in [1.82, 2.24) is 5.32 Å². The van der Waals surface area contributed by atoms with E-state index >= 15 is 0 Å². The molecule has 7 nitrogen and oxygen atoms in total. The lowest BCUT2D eigenvalue weighted by molar-refractivity contribution is -0.139. The summed E-state index contributed by atoms with van der Waals surface area (Å²) in [6, 6.07) is 22.5. The second kappa shape index (κ2) is 12.4. The molecule has 36 heavy (non-hydrogen) atoms. The summed E-state index contributed by atoms with van der Waals surface area (Å²) in [4.78, 5) is 24.1. The monoisotopic (exact) mass is 507 g/mol. The molecule has 0 aliphatic heterocycles. The number of alkyl carbamates (subject to hydrolysis) is 1. The summed E-state index contributed by atoms with van der Waals surface area (Å²) in [6.45, 7) is 0.601. The molecule has 8 heteroatoms. The zero-order valence-corrected chi connectivity index (χ0v) is 20.8. The van der Waals surface area contributed by atoms with Crippen LogP contribution in [0.5, 0.6) is 11.5 Å². The Balaban J connectivity index is 1.22. The van der Waals surface area contributed by atoms with Crippen LogP contribution in [0, 0.1) is 0 Å². The lowest BCUT2D eigenvalue weighted by Crippen LogP contribution is -2.41. The van der Waals surface area contributed by atoms with Crippen molar-refractivity contribution in [3.63, 3.8) is 0 Å². The summed E-state index contributed by atoms with van der Waals surface area (Å²) in [5, 5.41) is 12.1. The summed E-state index contributed by atoms with van der Waals surface area (Å²) in [5.74, 6) is 1.40. The third kappa shape index (κ3) is 6.12. The van der Waals surface area contributed by atoms with E-state index in [2.05, 4.69) is 17.4 Å². The van der Waals surface area contributed by atoms with Crippen molar-refractivity contribution < 1.29 is 28.9 Å². The maximum Gasteiger partial charge on any atom is 0.407 e. The van der Waals surface area contributed by atoms with Crippen LogP contribution in [-0.4, -0.2) is 55.0 Å². The number of hydrogen-bond donors (Lipinski definition) is 2. The summed E-state index contributed by atoms with van der Waals surface area (Å²) in [6.07, 6.45) is -0.451. The van der Waals surface area contributed by atoms with E-state index in [1.807, 2.05) is 60.7 Å². The maximum absolute atomic E-state index is 12.5. The first-order valence-electron chi connectivity index (χ1n) is 11.8. The molecule has 0 spiro atoms. The highest BCUT2D eigenvalue weighted by Gasteiger charge is 2.29. The fraction of sp³-hybridized carbons (Fsp3) is 0.286. The highest BCUT2D eigenvalue weighted by Crippen LogP contribution is 2.44. The number of carboxylic acid groups (broad SMARTS) is 1. The lowest BCUT2D eigenvalue weighted by Gasteiger charge is -2.17. The van der Waals surface area contributed by atoms with Crippen LogP contribution in [0.4, 0.5) is 4.79 Å². The van der Waals surface area contributed by atoms with Crippen molar-refractivity contribution in [2.45, 2.75) is 18.4 Å². The van der Waals surface area contributed by atoms with Gasteiger partial charge in [0.05, 0.1) is 13.7 Å². The van der Waals surface area contributed by atoms with E-state index in [-0.39, 0.29) is 18.9 Å². The van der Waals surface area contributed by atoms with Gasteiger partial charge in [0.1, 0.15) is 12.6 Å². The third-order valence-electron chi connectivity index (χ3n) is 6.04. The minimum Gasteiger partial charge on any atom is -0.493 e. The van der Waals surface area contributed by atoms with Gasteiger partial charge in [-0.1, -0.05) is 60.7 Å². The van der Waals surface area contributed by atoms with Gasteiger partial charge >= 0.3 is 12.1 Å². The lowest BCUT2D eigenvalue weighted by atomic mass is 9.98. The molecule has 0 aromatic heterocycles. The van der Waals surface area contributed by atoms with E-state index in [1.54, 1.807) is 18.9 Å². The SMILES string of the molecule is COc1ccccc1OCCSCCC(NC(=O)OCC1c2ccccc2-c2ccccc21)C(=O)O. The third-order valence-corrected chi connectivity index (χ3v) is 7.02. The van der Waals surface area contributed by atoms with Crippen molar-refractivity contribution in [2.75, 3.05) is 31.8 Å². The smallest absolute Gasteiger partial charge is 0.407 e. The van der Waals surface area contributed by atoms with Crippen LogP contribution < -0.4 is 14.8 Å². The van der Waals surface area contributed by atoms with E-state index in [1.165, 1.54) is 0 Å². The zero-order valence-electron chi connectivity index (χ0n) is 20.0. The largest absolute Gasteiger partial charge is 0.493 e. The fourth-order valence-corrected chi connectivity index (χ4v) is 5.10. The van der Waals surface area contributed by atoms with E-state index < -0.39 is 18.1 Å². The Kier molecular flexibility index (Phi) is 8.73. The first-order chi connectivity index (χ1) is 17.6. The molecule has 1 aliphatic carbocycles. The molecule has 1 aliphatic rings. The molecule has 3 aromatic rings. The average molecular weight is 508 g/mol. The van der Waals surface area contributed by atoms with Crippen molar-refractivity contribution in [3.05, 3.63) is 83.9 Å². The number of methoxy groups -OCH3 is 1. The first-order valence-corrected chi connectivity index (χ1v) is 12.9. The Morgan fingerprint density at radius 1 is 0.917 bits per heavy atom. The predicted octanol–water partition coefficient (Wildman–Crippen LogP) is 5.19. The fourth-order valence-electron chi connectivity index (χ4n) is 4.29. The molecule has 3 aromatic carbocycles. The summed E-state index contributed by atoms with van der Waals surface area (Å²) >= 11 is 1.56. The van der Waals surface area contributed by atoms with Gasteiger partial charge in [0.2, 0.25) is 0 Å². The van der Waals surface area contributed by atoms with Gasteiger partial charge in [-0.15, -0.1) is 0 Å². The van der Waals surface area contributed by atoms with Gasteiger partial charge in [0.25, 0.3) is 0 Å². The number of para-hydroxylation sites is 2. The first kappa shape index (κ1) is 25.4. The standard InChI is InChI=1S/C28H29NO6S/c1-33-25-12-6-7-13-26(25)34-15-17-36-16-14-24(27(30)31)29-28(32)35-18-23-21-10-4-2-8-19(21)20-9-3-5-11-22(20)23/h2-13,23-24H,14-18H2,1H3,(H,29,32)(H,30,31). The van der Waals surface area contributed by atoms with E-state index in [4.69, 9.17) is 14.2 Å². The number of ether oxygens (including phenoxy) is 3. The van der Waals surface area contributed by atoms with Crippen LogP contribution in [0.1, 0.15) is 23.5 Å². The summed E-state index contributed by atoms with van der Waals surface area (Å²) in [5.41, 5.74) is 4.48. The number of thioether (sulfide) groups is 1. The highest BCUT2D eigenvalue weighted by atomic mass is 32.2. The number of carbonyl (C=O) groups is 2. The molecule has 1 amide bonds. The molecule has 0 bridgehead atoms. The number of carboxylic acids is 1. The van der Waals surface area contributed by atoms with Gasteiger partial charge in [-0.3, -0.25) is 0 Å². The number of nitrogens with one attached hydrogen (secondary N) is 1. The minimum atomic E-state index is -1.09. The number of fused-ring (bicyclic) bond motifs is 3. The van der Waals surface area contributed by atoms with Gasteiger partial charge in [-0.05, 0) is 46.6 Å². The topological polar surface area (TPSA) is 94.1 Å². The van der Waals surface area contributed by atoms with E-state index in [0.29, 0.717) is 29.6 Å². The number of hydrogen-bond acceptors (Lipinski definition) is 6. The van der Waals surface area contributed by atoms with Crippen LogP contribution in [-0.2, 0) is 9.53 Å². The molecule has 0 saturated heterocycles. The number of aliphatic carboxylic acids is 1. The molecule has 4 rings (SSSR count). The Morgan fingerprint density at radius 3 is 2.17 bits per heavy atom. The normalized spacial score (nSPS) is 12.8. The van der Waals surface area contributed by atoms with Gasteiger partial charge in [0, 0.05) is 11.7 Å². The van der Waals surface area contributed by atoms with Crippen LogP contribution >= 0.6 is 11.8 Å². The van der Waals surface area contributed by atoms with E-state index in [0.717, 1.165) is 22.3 Å². The molecule has 0 heterocycles. The molecule has 1 unspecified atom stereocenters. The quantitative estimate of drug-likeness (QED) is 0.326. The van der Waals surface area contributed by atoms with E-state index in [9.17, 15) is 14.7 Å². The predicted molar refractivity (Wildman–Crippen MR) is 140 cm³/mol. The number of rotatable bonds is 12. The number of amides is 1. The molecule has 0 saturated carbocycles. The van der Waals surface area contributed by atoms with Crippen LogP contribution in [0.15, 0.2) is 72.8 Å². The van der Waals surface area contributed by atoms with Crippen molar-refractivity contribution in [2.24, 2.45) is 0 Å². The number of benzene rings is 3. The Bertz CT molecular complexity index is 1150. The van der Waals surface area contributed by atoms with Crippen LogP contribution in [0.3, 0.4) is 0 Å². The molecule has 0 radical (unpaired) electrons. The van der Waals surface area contributed by atoms with Crippen LogP contribution in [0.2, 0.25) is 0 Å². The van der Waals surface area contributed by atoms with Crippen molar-refractivity contribution in [3.8, 4) is 22.6 Å². The summed E-state index contributed by atoms with van der Waals surface area (Å²) in [7, 11) is 1.59. The number of carbonyl (C=O) groups excluding carboxylic acids is 1. The molecule has 0 fully saturated rings. The van der Waals surface area contributed by atoms with Crippen molar-refractivity contribution in [1.29, 1.82) is 0 Å². The minimum absolute atomic E-state index is 0.0785. The Hall–Kier alpha value is -3.65. The Labute approximate surface area is 214 Å². The molecule has 2 N–H and O–H groups in total. The van der Waals surface area contributed by atoms with Crippen LogP contribution in [0.25, 0.3) is 11.1 Å². The van der Waals surface area contributed by atoms with Gasteiger partial charge in [-0.25, -0.2) is 9.59 Å². The highest BCUT2D eigenvalue weighted by molar-refractivity contribution is 7.99. The average Bonchev–Trinajstić information content (AvgIpc) is 3.22.